The normalized spacial score (nSPS) is 8.46. The molecule has 13 heavy (non-hydrogen) atoms. The van der Waals surface area contributed by atoms with Gasteiger partial charge in [0.2, 0.25) is 5.88 Å². The molecule has 0 saturated heterocycles. The summed E-state index contributed by atoms with van der Waals surface area (Å²) in [5, 5.41) is 8.66. The van der Waals surface area contributed by atoms with Crippen LogP contribution in [0.5, 0.6) is 5.88 Å². The van der Waals surface area contributed by atoms with E-state index in [-0.39, 0.29) is 0 Å². The number of hydrogen-bond acceptors (Lipinski definition) is 3. The summed E-state index contributed by atoms with van der Waals surface area (Å²) in [5.74, 6) is 2.79. The third kappa shape index (κ3) is 2.50. The molecule has 0 atom stereocenters. The van der Waals surface area contributed by atoms with Crippen molar-refractivity contribution in [2.45, 2.75) is 6.42 Å². The smallest absolute Gasteiger partial charge is 0.231 e. The van der Waals surface area contributed by atoms with Crippen LogP contribution in [0.15, 0.2) is 18.3 Å². The largest absolute Gasteiger partial charge is 0.476 e. The molecule has 0 amide bonds. The zero-order chi connectivity index (χ0) is 9.52. The van der Waals surface area contributed by atoms with Gasteiger partial charge in [-0.15, -0.1) is 12.3 Å². The zero-order valence-electron chi connectivity index (χ0n) is 7.03. The average Bonchev–Trinajstić information content (AvgIpc) is 2.19. The van der Waals surface area contributed by atoms with E-state index in [9.17, 15) is 0 Å². The molecule has 0 fully saturated rings. The number of pyridine rings is 1. The summed E-state index contributed by atoms with van der Waals surface area (Å²) < 4.78 is 5.19. The minimum absolute atomic E-state index is 0.347. The Morgan fingerprint density at radius 1 is 1.62 bits per heavy atom. The molecule has 0 aliphatic carbocycles. The first-order valence-corrected chi connectivity index (χ1v) is 3.80. The molecule has 0 aliphatic heterocycles. The molecule has 0 spiro atoms. The number of terminal acetylenes is 1. The second-order valence-electron chi connectivity index (χ2n) is 2.27. The highest BCUT2D eigenvalue weighted by Crippen LogP contribution is 2.12. The van der Waals surface area contributed by atoms with Crippen molar-refractivity contribution in [2.75, 3.05) is 6.61 Å². The van der Waals surface area contributed by atoms with Crippen molar-refractivity contribution < 1.29 is 4.74 Å². The van der Waals surface area contributed by atoms with Gasteiger partial charge < -0.3 is 4.74 Å². The monoisotopic (exact) mass is 172 g/mol. The fourth-order valence-electron chi connectivity index (χ4n) is 0.798. The van der Waals surface area contributed by atoms with Crippen LogP contribution in [0.25, 0.3) is 0 Å². The number of aromatic nitrogens is 1. The zero-order valence-corrected chi connectivity index (χ0v) is 7.03. The molecular weight excluding hydrogens is 164 g/mol. The highest BCUT2D eigenvalue weighted by molar-refractivity contribution is 5.36. The summed E-state index contributed by atoms with van der Waals surface area (Å²) in [4.78, 5) is 3.91. The molecule has 1 aromatic rings. The van der Waals surface area contributed by atoms with Gasteiger partial charge in [0.05, 0.1) is 0 Å². The molecule has 0 saturated carbocycles. The van der Waals surface area contributed by atoms with E-state index in [0.29, 0.717) is 24.5 Å². The molecule has 1 heterocycles. The Bertz CT molecular complexity index is 360. The van der Waals surface area contributed by atoms with Crippen LogP contribution >= 0.6 is 0 Å². The van der Waals surface area contributed by atoms with Gasteiger partial charge in [-0.1, -0.05) is 0 Å². The topological polar surface area (TPSA) is 45.9 Å². The first-order valence-electron chi connectivity index (χ1n) is 3.80. The molecular formula is C10H8N2O. The molecule has 1 aromatic heterocycles. The Morgan fingerprint density at radius 3 is 3.15 bits per heavy atom. The highest BCUT2D eigenvalue weighted by atomic mass is 16.5. The third-order valence-corrected chi connectivity index (χ3v) is 1.38. The average molecular weight is 172 g/mol. The Kier molecular flexibility index (Phi) is 3.35. The highest BCUT2D eigenvalue weighted by Gasteiger charge is 2.01. The van der Waals surface area contributed by atoms with E-state index in [1.165, 1.54) is 0 Å². The van der Waals surface area contributed by atoms with E-state index in [2.05, 4.69) is 10.9 Å². The first-order chi connectivity index (χ1) is 6.38. The molecule has 0 N–H and O–H groups in total. The van der Waals surface area contributed by atoms with Crippen molar-refractivity contribution in [3.63, 3.8) is 0 Å². The van der Waals surface area contributed by atoms with Crippen LogP contribution in [0, 0.1) is 23.7 Å². The molecule has 0 radical (unpaired) electrons. The Morgan fingerprint density at radius 2 is 2.46 bits per heavy atom. The molecule has 0 aliphatic rings. The minimum atomic E-state index is 0.347. The van der Waals surface area contributed by atoms with Gasteiger partial charge in [0.15, 0.2) is 0 Å². The molecule has 3 heteroatoms. The van der Waals surface area contributed by atoms with E-state index < -0.39 is 0 Å². The Balaban J connectivity index is 2.67. The van der Waals surface area contributed by atoms with Gasteiger partial charge in [0.1, 0.15) is 18.2 Å². The van der Waals surface area contributed by atoms with E-state index in [0.717, 1.165) is 0 Å². The van der Waals surface area contributed by atoms with E-state index >= 15 is 0 Å². The van der Waals surface area contributed by atoms with Gasteiger partial charge in [0.25, 0.3) is 0 Å². The fourth-order valence-corrected chi connectivity index (χ4v) is 0.798. The number of ether oxygens (including phenoxy) is 1. The molecule has 0 unspecified atom stereocenters. The van der Waals surface area contributed by atoms with E-state index in [4.69, 9.17) is 16.4 Å². The lowest BCUT2D eigenvalue weighted by molar-refractivity contribution is 0.313. The molecule has 0 aromatic carbocycles. The fraction of sp³-hybridized carbons (Fsp3) is 0.200. The number of hydrogen-bond donors (Lipinski definition) is 0. The maximum Gasteiger partial charge on any atom is 0.231 e. The lowest BCUT2D eigenvalue weighted by atomic mass is 10.3. The van der Waals surface area contributed by atoms with Gasteiger partial charge >= 0.3 is 0 Å². The molecule has 1 rings (SSSR count). The summed E-state index contributed by atoms with van der Waals surface area (Å²) >= 11 is 0. The van der Waals surface area contributed by atoms with E-state index in [1.807, 2.05) is 6.07 Å². The number of nitriles is 1. The second kappa shape index (κ2) is 4.79. The van der Waals surface area contributed by atoms with Crippen LogP contribution in [0.2, 0.25) is 0 Å². The van der Waals surface area contributed by atoms with Gasteiger partial charge in [-0.05, 0) is 12.1 Å². The molecule has 3 nitrogen and oxygen atoms in total. The van der Waals surface area contributed by atoms with Gasteiger partial charge in [0, 0.05) is 12.6 Å². The van der Waals surface area contributed by atoms with Crippen molar-refractivity contribution in [3.05, 3.63) is 23.9 Å². The van der Waals surface area contributed by atoms with Crippen molar-refractivity contribution in [1.82, 2.24) is 4.98 Å². The quantitative estimate of drug-likeness (QED) is 0.510. The van der Waals surface area contributed by atoms with Gasteiger partial charge in [-0.25, -0.2) is 4.98 Å². The van der Waals surface area contributed by atoms with Crippen LogP contribution in [0.1, 0.15) is 12.0 Å². The van der Waals surface area contributed by atoms with Crippen LogP contribution in [0.3, 0.4) is 0 Å². The Hall–Kier alpha value is -2.00. The lowest BCUT2D eigenvalue weighted by Gasteiger charge is -2.02. The van der Waals surface area contributed by atoms with Gasteiger partial charge in [-0.2, -0.15) is 5.26 Å². The predicted octanol–water partition coefficient (Wildman–Crippen LogP) is 1.36. The standard InChI is InChI=1S/C10H8N2O/c1-2-3-7-13-10-9(8-11)5-4-6-12-10/h1,4-6H,3,7H2. The minimum Gasteiger partial charge on any atom is -0.476 e. The molecule has 64 valence electrons. The number of nitrogens with zero attached hydrogens (tertiary/aromatic N) is 2. The summed E-state index contributed by atoms with van der Waals surface area (Å²) in [6.45, 7) is 0.391. The second-order valence-corrected chi connectivity index (χ2v) is 2.27. The SMILES string of the molecule is C#CCCOc1ncccc1C#N. The molecule has 0 bridgehead atoms. The summed E-state index contributed by atoms with van der Waals surface area (Å²) in [6, 6.07) is 5.32. The van der Waals surface area contributed by atoms with Crippen LogP contribution in [-0.4, -0.2) is 11.6 Å². The van der Waals surface area contributed by atoms with Crippen LogP contribution in [-0.2, 0) is 0 Å². The number of rotatable bonds is 3. The maximum absolute atomic E-state index is 8.66. The van der Waals surface area contributed by atoms with Crippen molar-refractivity contribution >= 4 is 0 Å². The Labute approximate surface area is 77.0 Å². The predicted molar refractivity (Wildman–Crippen MR) is 47.9 cm³/mol. The lowest BCUT2D eigenvalue weighted by Crippen LogP contribution is -1.99. The van der Waals surface area contributed by atoms with Crippen molar-refractivity contribution in [1.29, 1.82) is 5.26 Å². The summed E-state index contributed by atoms with van der Waals surface area (Å²) in [5.41, 5.74) is 0.430. The van der Waals surface area contributed by atoms with Gasteiger partial charge in [-0.3, -0.25) is 0 Å². The van der Waals surface area contributed by atoms with Crippen molar-refractivity contribution in [3.8, 4) is 24.3 Å². The van der Waals surface area contributed by atoms with Crippen LogP contribution < -0.4 is 4.74 Å². The maximum atomic E-state index is 8.66. The summed E-state index contributed by atoms with van der Waals surface area (Å²) in [7, 11) is 0. The van der Waals surface area contributed by atoms with Crippen LogP contribution in [0.4, 0.5) is 0 Å². The summed E-state index contributed by atoms with van der Waals surface area (Å²) in [6.07, 6.45) is 7.14. The van der Waals surface area contributed by atoms with Crippen molar-refractivity contribution in [2.24, 2.45) is 0 Å². The first kappa shape index (κ1) is 9.09. The van der Waals surface area contributed by atoms with E-state index in [1.54, 1.807) is 18.3 Å². The third-order valence-electron chi connectivity index (χ3n) is 1.38.